The number of para-hydroxylation sites is 1. The molecule has 156 valence electrons. The molecule has 7 heteroatoms. The van der Waals surface area contributed by atoms with Crippen molar-refractivity contribution < 1.29 is 9.53 Å². The van der Waals surface area contributed by atoms with Gasteiger partial charge >= 0.3 is 0 Å². The molecule has 0 aliphatic carbocycles. The summed E-state index contributed by atoms with van der Waals surface area (Å²) in [6.45, 7) is 4.29. The van der Waals surface area contributed by atoms with Gasteiger partial charge in [0.15, 0.2) is 0 Å². The van der Waals surface area contributed by atoms with Gasteiger partial charge < -0.3 is 14.6 Å². The lowest BCUT2D eigenvalue weighted by molar-refractivity contribution is -0.132. The van der Waals surface area contributed by atoms with Gasteiger partial charge in [-0.25, -0.2) is 0 Å². The molecule has 0 bridgehead atoms. The van der Waals surface area contributed by atoms with Crippen molar-refractivity contribution in [1.82, 2.24) is 14.8 Å². The Morgan fingerprint density at radius 3 is 2.53 bits per heavy atom. The number of hydrogen-bond acceptors (Lipinski definition) is 4. The van der Waals surface area contributed by atoms with Gasteiger partial charge in [0.1, 0.15) is 12.4 Å². The second-order valence-electron chi connectivity index (χ2n) is 7.41. The van der Waals surface area contributed by atoms with Crippen LogP contribution in [0.5, 0.6) is 5.75 Å². The quantitative estimate of drug-likeness (QED) is 0.659. The Balaban J connectivity index is 1.26. The van der Waals surface area contributed by atoms with E-state index >= 15 is 0 Å². The summed E-state index contributed by atoms with van der Waals surface area (Å²) in [6, 6.07) is 16.7. The second kappa shape index (κ2) is 9.32. The topological polar surface area (TPSA) is 65.6 Å². The molecule has 0 atom stereocenters. The van der Waals surface area contributed by atoms with Gasteiger partial charge in [-0.05, 0) is 41.8 Å². The SMILES string of the molecule is O=C(Cc1cc2ccccc2[nH]c1=O)N1CCN(CCOc2ccc(Cl)cc2)CC1. The van der Waals surface area contributed by atoms with E-state index in [0.717, 1.165) is 36.3 Å². The van der Waals surface area contributed by atoms with Gasteiger partial charge in [0.05, 0.1) is 6.42 Å². The summed E-state index contributed by atoms with van der Waals surface area (Å²) in [6.07, 6.45) is 0.125. The first-order chi connectivity index (χ1) is 14.6. The maximum atomic E-state index is 12.7. The number of ether oxygens (including phenoxy) is 1. The Labute approximate surface area is 180 Å². The van der Waals surface area contributed by atoms with Crippen LogP contribution in [0.15, 0.2) is 59.4 Å². The Morgan fingerprint density at radius 1 is 1.03 bits per heavy atom. The average Bonchev–Trinajstić information content (AvgIpc) is 2.76. The number of nitrogens with zero attached hydrogens (tertiary/aromatic N) is 2. The number of hydrogen-bond donors (Lipinski definition) is 1. The Kier molecular flexibility index (Phi) is 6.35. The number of H-pyrrole nitrogens is 1. The summed E-state index contributed by atoms with van der Waals surface area (Å²) >= 11 is 5.88. The van der Waals surface area contributed by atoms with Gasteiger partial charge in [0, 0.05) is 48.8 Å². The predicted octanol–water partition coefficient (Wildman–Crippen LogP) is 2.95. The summed E-state index contributed by atoms with van der Waals surface area (Å²) < 4.78 is 5.75. The maximum Gasteiger partial charge on any atom is 0.252 e. The molecule has 1 fully saturated rings. The first-order valence-corrected chi connectivity index (χ1v) is 10.5. The molecule has 0 unspecified atom stereocenters. The third-order valence-electron chi connectivity index (χ3n) is 5.39. The van der Waals surface area contributed by atoms with Crippen molar-refractivity contribution in [2.75, 3.05) is 39.3 Å². The molecule has 30 heavy (non-hydrogen) atoms. The molecule has 3 aromatic rings. The van der Waals surface area contributed by atoms with Crippen molar-refractivity contribution in [3.05, 3.63) is 75.5 Å². The fraction of sp³-hybridized carbons (Fsp3) is 0.304. The van der Waals surface area contributed by atoms with Gasteiger partial charge in [-0.2, -0.15) is 0 Å². The van der Waals surface area contributed by atoms with Crippen molar-refractivity contribution in [2.45, 2.75) is 6.42 Å². The van der Waals surface area contributed by atoms with Crippen LogP contribution < -0.4 is 10.3 Å². The lowest BCUT2D eigenvalue weighted by Gasteiger charge is -2.34. The third kappa shape index (κ3) is 5.01. The molecule has 1 aromatic heterocycles. The van der Waals surface area contributed by atoms with E-state index < -0.39 is 0 Å². The minimum Gasteiger partial charge on any atom is -0.492 e. The molecular weight excluding hydrogens is 402 g/mol. The number of halogens is 1. The zero-order valence-electron chi connectivity index (χ0n) is 16.6. The van der Waals surface area contributed by atoms with Crippen LogP contribution >= 0.6 is 11.6 Å². The van der Waals surface area contributed by atoms with Crippen LogP contribution in [0.4, 0.5) is 0 Å². The van der Waals surface area contributed by atoms with E-state index in [9.17, 15) is 9.59 Å². The number of aromatic nitrogens is 1. The van der Waals surface area contributed by atoms with E-state index in [4.69, 9.17) is 16.3 Å². The first-order valence-electron chi connectivity index (χ1n) is 10.1. The molecule has 1 saturated heterocycles. The number of piperazine rings is 1. The number of nitrogens with one attached hydrogen (secondary N) is 1. The van der Waals surface area contributed by atoms with Crippen LogP contribution in [0.3, 0.4) is 0 Å². The highest BCUT2D eigenvalue weighted by Gasteiger charge is 2.22. The molecule has 6 nitrogen and oxygen atoms in total. The highest BCUT2D eigenvalue weighted by Crippen LogP contribution is 2.16. The maximum absolute atomic E-state index is 12.7. The van der Waals surface area contributed by atoms with Crippen LogP contribution in [0.1, 0.15) is 5.56 Å². The molecule has 2 heterocycles. The van der Waals surface area contributed by atoms with Crippen LogP contribution in [0.25, 0.3) is 10.9 Å². The first kappa shape index (κ1) is 20.4. The van der Waals surface area contributed by atoms with E-state index in [0.29, 0.717) is 30.3 Å². The van der Waals surface area contributed by atoms with Crippen molar-refractivity contribution in [2.24, 2.45) is 0 Å². The van der Waals surface area contributed by atoms with Crippen LogP contribution in [-0.4, -0.2) is 60.0 Å². The number of aromatic amines is 1. The second-order valence-corrected chi connectivity index (χ2v) is 7.85. The van der Waals surface area contributed by atoms with E-state index in [1.54, 1.807) is 0 Å². The summed E-state index contributed by atoms with van der Waals surface area (Å²) in [5.74, 6) is 0.793. The Hall–Kier alpha value is -2.83. The van der Waals surface area contributed by atoms with Crippen LogP contribution in [0, 0.1) is 0 Å². The number of fused-ring (bicyclic) bond motifs is 1. The summed E-state index contributed by atoms with van der Waals surface area (Å²) in [5.41, 5.74) is 1.10. The van der Waals surface area contributed by atoms with Gasteiger partial charge in [-0.15, -0.1) is 0 Å². The Morgan fingerprint density at radius 2 is 1.77 bits per heavy atom. The fourth-order valence-corrected chi connectivity index (χ4v) is 3.77. The minimum atomic E-state index is -0.194. The molecule has 1 amide bonds. The number of amides is 1. The highest BCUT2D eigenvalue weighted by molar-refractivity contribution is 6.30. The summed E-state index contributed by atoms with van der Waals surface area (Å²) in [5, 5.41) is 1.62. The number of rotatable bonds is 6. The molecule has 1 aliphatic heterocycles. The number of benzene rings is 2. The zero-order chi connectivity index (χ0) is 20.9. The average molecular weight is 426 g/mol. The van der Waals surface area contributed by atoms with Gasteiger partial charge in [-0.1, -0.05) is 29.8 Å². The molecule has 4 rings (SSSR count). The smallest absolute Gasteiger partial charge is 0.252 e. The van der Waals surface area contributed by atoms with Crippen molar-refractivity contribution in [3.8, 4) is 5.75 Å². The molecule has 0 spiro atoms. The molecule has 0 radical (unpaired) electrons. The number of pyridine rings is 1. The summed E-state index contributed by atoms with van der Waals surface area (Å²) in [4.78, 5) is 32.0. The van der Waals surface area contributed by atoms with Gasteiger partial charge in [0.2, 0.25) is 5.91 Å². The molecule has 1 aliphatic rings. The highest BCUT2D eigenvalue weighted by atomic mass is 35.5. The fourth-order valence-electron chi connectivity index (χ4n) is 3.64. The molecule has 2 aromatic carbocycles. The van der Waals surface area contributed by atoms with E-state index in [1.807, 2.05) is 59.5 Å². The van der Waals surface area contributed by atoms with E-state index in [-0.39, 0.29) is 17.9 Å². The van der Waals surface area contributed by atoms with Crippen molar-refractivity contribution >= 4 is 28.4 Å². The molecule has 1 N–H and O–H groups in total. The third-order valence-corrected chi connectivity index (χ3v) is 5.64. The van der Waals surface area contributed by atoms with E-state index in [1.165, 1.54) is 0 Å². The monoisotopic (exact) mass is 425 g/mol. The number of carbonyl (C=O) groups is 1. The lowest BCUT2D eigenvalue weighted by Crippen LogP contribution is -2.50. The zero-order valence-corrected chi connectivity index (χ0v) is 17.4. The van der Waals surface area contributed by atoms with Gasteiger partial charge in [-0.3, -0.25) is 14.5 Å². The molecule has 0 saturated carbocycles. The van der Waals surface area contributed by atoms with Gasteiger partial charge in [0.25, 0.3) is 5.56 Å². The van der Waals surface area contributed by atoms with Crippen LogP contribution in [0.2, 0.25) is 5.02 Å². The molecular formula is C23H24ClN3O3. The minimum absolute atomic E-state index is 0.00662. The lowest BCUT2D eigenvalue weighted by atomic mass is 10.1. The Bertz CT molecular complexity index is 1070. The largest absolute Gasteiger partial charge is 0.492 e. The standard InChI is InChI=1S/C23H24ClN3O3/c24-19-5-7-20(8-6-19)30-14-13-26-9-11-27(12-10-26)22(28)16-18-15-17-3-1-2-4-21(17)25-23(18)29/h1-8,15H,9-14,16H2,(H,25,29). The normalized spacial score (nSPS) is 14.8. The van der Waals surface area contributed by atoms with E-state index in [2.05, 4.69) is 9.88 Å². The number of carbonyl (C=O) groups excluding carboxylic acids is 1. The van der Waals surface area contributed by atoms with Crippen molar-refractivity contribution in [3.63, 3.8) is 0 Å². The van der Waals surface area contributed by atoms with Crippen molar-refractivity contribution in [1.29, 1.82) is 0 Å². The predicted molar refractivity (Wildman–Crippen MR) is 118 cm³/mol. The van der Waals surface area contributed by atoms with Crippen LogP contribution in [-0.2, 0) is 11.2 Å². The summed E-state index contributed by atoms with van der Waals surface area (Å²) in [7, 11) is 0.